The van der Waals surface area contributed by atoms with E-state index in [4.69, 9.17) is 39.5 Å². The molecule has 0 bridgehead atoms. The Kier molecular flexibility index (Phi) is 10.6. The number of ether oxygens (including phenoxy) is 1. The monoisotopic (exact) mass is 615 g/mol. The summed E-state index contributed by atoms with van der Waals surface area (Å²) in [6.45, 7) is 2.25. The molecule has 0 spiro atoms. The van der Waals surface area contributed by atoms with Gasteiger partial charge in [0.2, 0.25) is 15.9 Å². The number of hydrogen-bond acceptors (Lipinski definition) is 5. The molecule has 4 rings (SSSR count). The van der Waals surface area contributed by atoms with E-state index < -0.39 is 10.0 Å². The fraction of sp³-hybridized carbons (Fsp3) is 0.536. The molecule has 0 aromatic heterocycles. The molecule has 1 saturated carbocycles. The summed E-state index contributed by atoms with van der Waals surface area (Å²) < 4.78 is 32.4. The molecular formula is C28H36Cl3N3O4S. The van der Waals surface area contributed by atoms with Crippen molar-refractivity contribution in [2.75, 3.05) is 39.9 Å². The van der Waals surface area contributed by atoms with Crippen LogP contribution in [0.1, 0.15) is 44.1 Å². The predicted octanol–water partition coefficient (Wildman–Crippen LogP) is 5.42. The van der Waals surface area contributed by atoms with Crippen LogP contribution >= 0.6 is 34.8 Å². The molecule has 0 radical (unpaired) electrons. The highest BCUT2D eigenvalue weighted by atomic mass is 35.5. The highest BCUT2D eigenvalue weighted by molar-refractivity contribution is 7.89. The summed E-state index contributed by atoms with van der Waals surface area (Å²) in [5.74, 6) is -0.189. The van der Waals surface area contributed by atoms with Gasteiger partial charge < -0.3 is 10.1 Å². The highest BCUT2D eigenvalue weighted by Gasteiger charge is 2.41. The molecule has 11 heteroatoms. The number of likely N-dealkylation sites (tertiary alicyclic amines) is 1. The van der Waals surface area contributed by atoms with Crippen molar-refractivity contribution in [3.63, 3.8) is 0 Å². The molecule has 1 aliphatic carbocycles. The van der Waals surface area contributed by atoms with Gasteiger partial charge in [-0.1, -0.05) is 65.1 Å². The largest absolute Gasteiger partial charge is 0.370 e. The van der Waals surface area contributed by atoms with E-state index in [-0.39, 0.29) is 57.2 Å². The zero-order valence-electron chi connectivity index (χ0n) is 22.2. The summed E-state index contributed by atoms with van der Waals surface area (Å²) in [5.41, 5.74) is 1.52. The van der Waals surface area contributed by atoms with Crippen molar-refractivity contribution in [1.29, 1.82) is 0 Å². The van der Waals surface area contributed by atoms with Crippen molar-refractivity contribution < 1.29 is 17.9 Å². The Bertz CT molecular complexity index is 1210. The number of sulfonamides is 1. The van der Waals surface area contributed by atoms with Crippen LogP contribution in [0.2, 0.25) is 15.1 Å². The Morgan fingerprint density at radius 3 is 2.31 bits per heavy atom. The van der Waals surface area contributed by atoms with Crippen molar-refractivity contribution in [3.8, 4) is 0 Å². The number of nitrogens with zero attached hydrogens (tertiary/aromatic N) is 2. The number of hydrogen-bond donors (Lipinski definition) is 1. The average molecular weight is 617 g/mol. The van der Waals surface area contributed by atoms with Crippen LogP contribution in [-0.2, 0) is 26.0 Å². The molecule has 39 heavy (non-hydrogen) atoms. The van der Waals surface area contributed by atoms with Gasteiger partial charge >= 0.3 is 0 Å². The second kappa shape index (κ2) is 13.5. The summed E-state index contributed by atoms with van der Waals surface area (Å²) in [4.78, 5) is 15.1. The van der Waals surface area contributed by atoms with E-state index in [2.05, 4.69) is 40.5 Å². The van der Waals surface area contributed by atoms with E-state index in [1.807, 2.05) is 0 Å². The molecule has 1 heterocycles. The van der Waals surface area contributed by atoms with E-state index in [1.54, 1.807) is 0 Å². The maximum absolute atomic E-state index is 12.9. The van der Waals surface area contributed by atoms with Crippen molar-refractivity contribution in [3.05, 3.63) is 63.1 Å². The molecule has 1 aliphatic heterocycles. The van der Waals surface area contributed by atoms with Crippen LogP contribution in [0.4, 0.5) is 0 Å². The lowest BCUT2D eigenvalue weighted by molar-refractivity contribution is -0.126. The van der Waals surface area contributed by atoms with Gasteiger partial charge in [0.1, 0.15) is 11.5 Å². The molecule has 2 fully saturated rings. The molecule has 1 amide bonds. The van der Waals surface area contributed by atoms with Gasteiger partial charge in [0, 0.05) is 30.2 Å². The maximum atomic E-state index is 12.9. The predicted molar refractivity (Wildman–Crippen MR) is 156 cm³/mol. The minimum absolute atomic E-state index is 0.0339. The smallest absolute Gasteiger partial charge is 0.246 e. The first-order valence-electron chi connectivity index (χ1n) is 13.4. The van der Waals surface area contributed by atoms with Crippen molar-refractivity contribution in [1.82, 2.24) is 14.5 Å². The van der Waals surface area contributed by atoms with E-state index >= 15 is 0 Å². The maximum Gasteiger partial charge on any atom is 0.246 e. The van der Waals surface area contributed by atoms with Gasteiger partial charge in [-0.2, -0.15) is 4.31 Å². The summed E-state index contributed by atoms with van der Waals surface area (Å²) >= 11 is 18.1. The van der Waals surface area contributed by atoms with Crippen molar-refractivity contribution in [2.45, 2.75) is 61.4 Å². The Balaban J connectivity index is 1.23. The third-order valence-electron chi connectivity index (χ3n) is 7.85. The summed E-state index contributed by atoms with van der Waals surface area (Å²) in [5, 5.41) is 3.26. The summed E-state index contributed by atoms with van der Waals surface area (Å²) in [6.07, 6.45) is 7.50. The number of amides is 1. The van der Waals surface area contributed by atoms with Crippen LogP contribution in [0.25, 0.3) is 0 Å². The standard InChI is InChI=1S/C28H36Cl3N3O4S/c1-33(39(36,37)27-24(30)17-22(29)18-25(27)31)15-16-38-20-26(35)32-23-9-11-28(12-10-23,34-13-5-6-14-34)19-21-7-3-2-4-8-21/h2-4,7-8,17-18,23H,5-6,9-16,19-20H2,1H3,(H,32,35). The minimum Gasteiger partial charge on any atom is -0.370 e. The lowest BCUT2D eigenvalue weighted by atomic mass is 9.74. The zero-order chi connectivity index (χ0) is 28.0. The van der Waals surface area contributed by atoms with Gasteiger partial charge in [0.25, 0.3) is 0 Å². The Morgan fingerprint density at radius 1 is 1.08 bits per heavy atom. The molecule has 7 nitrogen and oxygen atoms in total. The van der Waals surface area contributed by atoms with Crippen molar-refractivity contribution in [2.24, 2.45) is 0 Å². The first kappa shape index (κ1) is 30.6. The lowest BCUT2D eigenvalue weighted by Gasteiger charge is -2.47. The molecule has 0 atom stereocenters. The topological polar surface area (TPSA) is 79.0 Å². The van der Waals surface area contributed by atoms with E-state index in [9.17, 15) is 13.2 Å². The number of rotatable bonds is 11. The number of benzene rings is 2. The summed E-state index contributed by atoms with van der Waals surface area (Å²) in [6, 6.07) is 13.5. The highest BCUT2D eigenvalue weighted by Crippen LogP contribution is 2.39. The Morgan fingerprint density at radius 2 is 1.69 bits per heavy atom. The number of halogens is 3. The second-order valence-corrected chi connectivity index (χ2v) is 13.7. The van der Waals surface area contributed by atoms with E-state index in [0.29, 0.717) is 0 Å². The fourth-order valence-electron chi connectivity index (χ4n) is 5.75. The first-order chi connectivity index (χ1) is 18.6. The van der Waals surface area contributed by atoms with Crippen LogP contribution in [0.3, 0.4) is 0 Å². The van der Waals surface area contributed by atoms with Gasteiger partial charge in [-0.3, -0.25) is 9.69 Å². The lowest BCUT2D eigenvalue weighted by Crippen LogP contribution is -2.54. The SMILES string of the molecule is CN(CCOCC(=O)NC1CCC(Cc2ccccc2)(N2CCCC2)CC1)S(=O)(=O)c1c(Cl)cc(Cl)cc1Cl. The molecule has 2 aliphatic rings. The molecule has 1 saturated heterocycles. The number of carbonyl (C=O) groups excluding carboxylic acids is 1. The van der Waals surface area contributed by atoms with Crippen LogP contribution in [-0.4, -0.2) is 75.0 Å². The molecule has 0 unspecified atom stereocenters. The van der Waals surface area contributed by atoms with Crippen LogP contribution in [0, 0.1) is 0 Å². The third-order valence-corrected chi connectivity index (χ3v) is 10.8. The van der Waals surface area contributed by atoms with Crippen molar-refractivity contribution >= 4 is 50.7 Å². The molecular weight excluding hydrogens is 581 g/mol. The Hall–Kier alpha value is -1.39. The number of carbonyl (C=O) groups is 1. The van der Waals surface area contributed by atoms with Gasteiger partial charge in [0.05, 0.1) is 16.7 Å². The summed E-state index contributed by atoms with van der Waals surface area (Å²) in [7, 11) is -2.55. The van der Waals surface area contributed by atoms with E-state index in [0.717, 1.165) is 49.5 Å². The van der Waals surface area contributed by atoms with Gasteiger partial charge in [-0.15, -0.1) is 0 Å². The quantitative estimate of drug-likeness (QED) is 0.341. The number of nitrogens with one attached hydrogen (secondary N) is 1. The molecule has 2 aromatic rings. The van der Waals surface area contributed by atoms with Gasteiger partial charge in [-0.05, 0) is 75.7 Å². The molecule has 214 valence electrons. The van der Waals surface area contributed by atoms with Crippen LogP contribution in [0.15, 0.2) is 47.4 Å². The van der Waals surface area contributed by atoms with E-state index in [1.165, 1.54) is 37.6 Å². The van der Waals surface area contributed by atoms with Gasteiger partial charge in [0.15, 0.2) is 0 Å². The average Bonchev–Trinajstić information content (AvgIpc) is 3.43. The molecule has 1 N–H and O–H groups in total. The van der Waals surface area contributed by atoms with Crippen LogP contribution < -0.4 is 5.32 Å². The third kappa shape index (κ3) is 7.67. The fourth-order valence-corrected chi connectivity index (χ4v) is 8.39. The van der Waals surface area contributed by atoms with Crippen LogP contribution in [0.5, 0.6) is 0 Å². The second-order valence-electron chi connectivity index (χ2n) is 10.5. The molecule has 2 aromatic carbocycles. The normalized spacial score (nSPS) is 22.3. The minimum atomic E-state index is -3.96. The zero-order valence-corrected chi connectivity index (χ0v) is 25.3. The first-order valence-corrected chi connectivity index (χ1v) is 16.0. The van der Waals surface area contributed by atoms with Gasteiger partial charge in [-0.25, -0.2) is 8.42 Å². The Labute approximate surface area is 246 Å². The number of likely N-dealkylation sites (N-methyl/N-ethyl adjacent to an activating group) is 1.